The van der Waals surface area contributed by atoms with Crippen LogP contribution in [-0.4, -0.2) is 48.7 Å². The first-order valence-electron chi connectivity index (χ1n) is 7.53. The fourth-order valence-corrected chi connectivity index (χ4v) is 3.35. The van der Waals surface area contributed by atoms with E-state index >= 15 is 0 Å². The molecule has 1 saturated heterocycles. The minimum atomic E-state index is -5.85. The van der Waals surface area contributed by atoms with Gasteiger partial charge in [0.05, 0.1) is 5.56 Å². The predicted octanol–water partition coefficient (Wildman–Crippen LogP) is 2.80. The van der Waals surface area contributed by atoms with Crippen LogP contribution in [0.2, 0.25) is 0 Å². The molecular weight excluding hydrogens is 379 g/mol. The fourth-order valence-electron chi connectivity index (χ4n) is 2.88. The number of benzene rings is 1. The van der Waals surface area contributed by atoms with Gasteiger partial charge >= 0.3 is 21.7 Å². The summed E-state index contributed by atoms with van der Waals surface area (Å²) >= 11 is 0. The lowest BCUT2D eigenvalue weighted by Gasteiger charge is -2.41. The molecule has 2 heterocycles. The minimum Gasteiger partial charge on any atom is -0.482 e. The number of para-hydroxylation sites is 1. The number of hydrogen-bond acceptors (Lipinski definition) is 5. The highest BCUT2D eigenvalue weighted by molar-refractivity contribution is 7.87. The molecule has 0 radical (unpaired) electrons. The van der Waals surface area contributed by atoms with Crippen molar-refractivity contribution in [2.24, 2.45) is 0 Å². The molecule has 142 valence electrons. The lowest BCUT2D eigenvalue weighted by atomic mass is 9.87. The second-order valence-corrected chi connectivity index (χ2v) is 7.46. The van der Waals surface area contributed by atoms with E-state index in [-0.39, 0.29) is 37.2 Å². The standard InChI is InChI=1S/C15H14F3NO6S/c16-15(17,18)26(22,23)25-12-9-14(5-7-19(8-6-14)13(20)21)24-11-4-2-1-3-10(11)12/h1-4,9H,5-8H2,(H,20,21). The highest BCUT2D eigenvalue weighted by Gasteiger charge is 2.50. The van der Waals surface area contributed by atoms with Gasteiger partial charge in [-0.15, -0.1) is 0 Å². The lowest BCUT2D eigenvalue weighted by Crippen LogP contribution is -2.49. The molecule has 2 aliphatic rings. The van der Waals surface area contributed by atoms with Gasteiger partial charge in [0.25, 0.3) is 0 Å². The molecule has 0 saturated carbocycles. The Kier molecular flexibility index (Phi) is 4.29. The molecule has 0 aromatic heterocycles. The van der Waals surface area contributed by atoms with Crippen LogP contribution in [0.5, 0.6) is 5.75 Å². The van der Waals surface area contributed by atoms with Crippen LogP contribution in [0.4, 0.5) is 18.0 Å². The summed E-state index contributed by atoms with van der Waals surface area (Å²) in [6.07, 6.45) is 0.368. The quantitative estimate of drug-likeness (QED) is 0.614. The van der Waals surface area contributed by atoms with Gasteiger partial charge in [-0.1, -0.05) is 12.1 Å². The molecule has 1 spiro atoms. The summed E-state index contributed by atoms with van der Waals surface area (Å²) in [6, 6.07) is 5.95. The zero-order valence-electron chi connectivity index (χ0n) is 13.2. The highest BCUT2D eigenvalue weighted by atomic mass is 32.2. The Morgan fingerprint density at radius 2 is 1.85 bits per heavy atom. The first kappa shape index (κ1) is 18.4. The van der Waals surface area contributed by atoms with Gasteiger partial charge < -0.3 is 18.9 Å². The van der Waals surface area contributed by atoms with Crippen LogP contribution in [0, 0.1) is 0 Å². The summed E-state index contributed by atoms with van der Waals surface area (Å²) in [4.78, 5) is 12.2. The van der Waals surface area contributed by atoms with Gasteiger partial charge in [0.15, 0.2) is 5.76 Å². The average Bonchev–Trinajstić information content (AvgIpc) is 2.54. The Hall–Kier alpha value is -2.43. The monoisotopic (exact) mass is 393 g/mol. The van der Waals surface area contributed by atoms with Crippen molar-refractivity contribution in [3.63, 3.8) is 0 Å². The van der Waals surface area contributed by atoms with Crippen LogP contribution in [0.25, 0.3) is 5.76 Å². The van der Waals surface area contributed by atoms with Crippen LogP contribution >= 0.6 is 0 Å². The number of ether oxygens (including phenoxy) is 1. The van der Waals surface area contributed by atoms with Gasteiger partial charge in [0.1, 0.15) is 11.4 Å². The van der Waals surface area contributed by atoms with Crippen LogP contribution in [0.3, 0.4) is 0 Å². The first-order valence-corrected chi connectivity index (χ1v) is 8.94. The molecule has 11 heteroatoms. The maximum Gasteiger partial charge on any atom is 0.534 e. The van der Waals surface area contributed by atoms with E-state index in [0.29, 0.717) is 0 Å². The topological polar surface area (TPSA) is 93.1 Å². The largest absolute Gasteiger partial charge is 0.534 e. The van der Waals surface area contributed by atoms with Crippen LogP contribution in [0.15, 0.2) is 30.3 Å². The van der Waals surface area contributed by atoms with E-state index in [4.69, 9.17) is 9.84 Å². The van der Waals surface area contributed by atoms with Gasteiger partial charge in [-0.25, -0.2) is 4.79 Å². The number of carboxylic acid groups (broad SMARTS) is 1. The Labute approximate surface area is 146 Å². The molecule has 7 nitrogen and oxygen atoms in total. The lowest BCUT2D eigenvalue weighted by molar-refractivity contribution is -0.0511. The molecule has 0 bridgehead atoms. The Morgan fingerprint density at radius 3 is 2.42 bits per heavy atom. The molecule has 1 N–H and O–H groups in total. The number of rotatable bonds is 2. The van der Waals surface area contributed by atoms with E-state index < -0.39 is 33.1 Å². The summed E-state index contributed by atoms with van der Waals surface area (Å²) in [7, 11) is -5.85. The van der Waals surface area contributed by atoms with Gasteiger partial charge in [0.2, 0.25) is 0 Å². The Bertz CT molecular complexity index is 856. The fraction of sp³-hybridized carbons (Fsp3) is 0.400. The summed E-state index contributed by atoms with van der Waals surface area (Å²) in [5.74, 6) is -0.306. The van der Waals surface area contributed by atoms with Crippen LogP contribution < -0.4 is 4.74 Å². The predicted molar refractivity (Wildman–Crippen MR) is 82.7 cm³/mol. The van der Waals surface area contributed by atoms with Gasteiger partial charge in [-0.05, 0) is 12.1 Å². The molecule has 1 aromatic rings. The minimum absolute atomic E-state index is 0.0756. The average molecular weight is 393 g/mol. The number of carbonyl (C=O) groups is 1. The molecule has 0 atom stereocenters. The van der Waals surface area contributed by atoms with Crippen molar-refractivity contribution in [2.45, 2.75) is 24.0 Å². The summed E-state index contributed by atoms with van der Waals surface area (Å²) in [5.41, 5.74) is -6.64. The molecule has 3 rings (SSSR count). The molecule has 1 amide bonds. The third-order valence-corrected chi connectivity index (χ3v) is 5.19. The molecule has 2 aliphatic heterocycles. The summed E-state index contributed by atoms with van der Waals surface area (Å²) < 4.78 is 71.2. The van der Waals surface area contributed by atoms with E-state index in [1.54, 1.807) is 6.07 Å². The van der Waals surface area contributed by atoms with Gasteiger partial charge in [0, 0.05) is 32.0 Å². The van der Waals surface area contributed by atoms with Crippen molar-refractivity contribution < 1.29 is 40.4 Å². The SMILES string of the molecule is O=C(O)N1CCC2(C=C(OS(=O)(=O)C(F)(F)F)c3ccccc3O2)CC1. The van der Waals surface area contributed by atoms with Crippen molar-refractivity contribution >= 4 is 22.0 Å². The number of amides is 1. The second kappa shape index (κ2) is 6.08. The third kappa shape index (κ3) is 3.30. The van der Waals surface area contributed by atoms with Crippen LogP contribution in [0.1, 0.15) is 18.4 Å². The van der Waals surface area contributed by atoms with E-state index in [1.807, 2.05) is 0 Å². The number of fused-ring (bicyclic) bond motifs is 1. The van der Waals surface area contributed by atoms with Crippen molar-refractivity contribution in [1.82, 2.24) is 4.90 Å². The smallest absolute Gasteiger partial charge is 0.482 e. The van der Waals surface area contributed by atoms with Crippen molar-refractivity contribution in [3.8, 4) is 5.75 Å². The zero-order valence-corrected chi connectivity index (χ0v) is 14.0. The molecule has 1 fully saturated rings. The third-order valence-electron chi connectivity index (χ3n) is 4.22. The highest BCUT2D eigenvalue weighted by Crippen LogP contribution is 2.43. The van der Waals surface area contributed by atoms with Gasteiger partial charge in [-0.3, -0.25) is 0 Å². The second-order valence-electron chi connectivity index (χ2n) is 5.92. The number of nitrogens with zero attached hydrogens (tertiary/aromatic N) is 1. The van der Waals surface area contributed by atoms with Gasteiger partial charge in [-0.2, -0.15) is 21.6 Å². The molecular formula is C15H14F3NO6S. The van der Waals surface area contributed by atoms with E-state index in [9.17, 15) is 26.4 Å². The summed E-state index contributed by atoms with van der Waals surface area (Å²) in [6.45, 7) is 0.181. The number of halogens is 3. The molecule has 26 heavy (non-hydrogen) atoms. The van der Waals surface area contributed by atoms with Crippen molar-refractivity contribution in [2.75, 3.05) is 13.1 Å². The number of hydrogen-bond donors (Lipinski definition) is 1. The Morgan fingerprint density at radius 1 is 1.23 bits per heavy atom. The van der Waals surface area contributed by atoms with Crippen molar-refractivity contribution in [3.05, 3.63) is 35.9 Å². The maximum absolute atomic E-state index is 12.7. The van der Waals surface area contributed by atoms with E-state index in [1.165, 1.54) is 24.3 Å². The molecule has 1 aromatic carbocycles. The summed E-state index contributed by atoms with van der Waals surface area (Å²) in [5, 5.41) is 9.02. The van der Waals surface area contributed by atoms with Crippen LogP contribution in [-0.2, 0) is 14.3 Å². The zero-order chi connectivity index (χ0) is 19.2. The number of likely N-dealkylation sites (tertiary alicyclic amines) is 1. The van der Waals surface area contributed by atoms with E-state index in [0.717, 1.165) is 4.90 Å². The van der Waals surface area contributed by atoms with Crippen molar-refractivity contribution in [1.29, 1.82) is 0 Å². The first-order chi connectivity index (χ1) is 12.0. The number of piperidine rings is 1. The molecule has 0 unspecified atom stereocenters. The molecule has 0 aliphatic carbocycles. The van der Waals surface area contributed by atoms with E-state index in [2.05, 4.69) is 4.18 Å². The maximum atomic E-state index is 12.7. The number of alkyl halides is 3. The Balaban J connectivity index is 1.97. The normalized spacial score (nSPS) is 19.3.